The van der Waals surface area contributed by atoms with E-state index in [-0.39, 0.29) is 74.0 Å². The summed E-state index contributed by atoms with van der Waals surface area (Å²) < 4.78 is 1.28. The largest absolute Gasteiger partial charge is 2.00 e. The van der Waals surface area contributed by atoms with Crippen molar-refractivity contribution in [2.75, 3.05) is 0 Å². The van der Waals surface area contributed by atoms with Crippen LogP contribution in [0, 0.1) is 0 Å². The van der Waals surface area contributed by atoms with E-state index in [1.54, 1.807) is 0 Å². The molecule has 0 aliphatic rings. The van der Waals surface area contributed by atoms with E-state index in [0.717, 1.165) is 0 Å². The Morgan fingerprint density at radius 1 is 1.14 bits per heavy atom. The second-order valence-corrected chi connectivity index (χ2v) is 1.50. The molecule has 0 radical (unpaired) electrons. The number of hydrogen-bond donors (Lipinski definition) is 0. The quantitative estimate of drug-likeness (QED) is 0.389. The van der Waals surface area contributed by atoms with Gasteiger partial charge in [0.2, 0.25) is 0 Å². The summed E-state index contributed by atoms with van der Waals surface area (Å²) in [4.78, 5) is 0. The second-order valence-electron chi connectivity index (χ2n) is 0.500. The molecule has 5 heteroatoms. The number of halogens is 3. The molecule has 0 aromatic carbocycles. The van der Waals surface area contributed by atoms with Gasteiger partial charge in [-0.2, -0.15) is 0 Å². The number of rotatable bonds is 0. The molecule has 7 heavy (non-hydrogen) atoms. The molecule has 0 aromatic heterocycles. The van der Waals surface area contributed by atoms with Crippen LogP contribution >= 0.6 is 0 Å². The second kappa shape index (κ2) is 36.1. The molecule has 0 nitrogen and oxygen atoms in total. The van der Waals surface area contributed by atoms with E-state index in [9.17, 15) is 0 Å². The maximum Gasteiger partial charge on any atom is 2.00 e. The van der Waals surface area contributed by atoms with E-state index in [1.165, 1.54) is 4.55 Å². The molecule has 0 bridgehead atoms. The molecule has 0 aliphatic heterocycles. The Balaban J connectivity index is -0.00000000333. The van der Waals surface area contributed by atoms with Crippen molar-refractivity contribution < 1.29 is 50.9 Å². The minimum atomic E-state index is 0. The van der Waals surface area contributed by atoms with Crippen molar-refractivity contribution in [1.82, 2.24) is 0 Å². The van der Waals surface area contributed by atoms with Crippen molar-refractivity contribution in [1.29, 1.82) is 0 Å². The zero-order valence-corrected chi connectivity index (χ0v) is 11.8. The summed E-state index contributed by atoms with van der Waals surface area (Å²) in [5, 5.41) is 0. The summed E-state index contributed by atoms with van der Waals surface area (Å²) in [7, 11) is 0. The van der Waals surface area contributed by atoms with E-state index in [2.05, 4.69) is 6.92 Å². The molecule has 0 atom stereocenters. The van der Waals surface area contributed by atoms with Crippen LogP contribution in [0.5, 0.6) is 0 Å². The zero-order valence-electron chi connectivity index (χ0n) is 4.26. The molecular formula is C2H5Br3Mg2. The van der Waals surface area contributed by atoms with Gasteiger partial charge in [0.05, 0.1) is 0 Å². The van der Waals surface area contributed by atoms with Crippen LogP contribution < -0.4 is 50.9 Å². The summed E-state index contributed by atoms with van der Waals surface area (Å²) in [5.41, 5.74) is 0. The summed E-state index contributed by atoms with van der Waals surface area (Å²) in [5.74, 6) is 0. The number of hydrogen-bond acceptors (Lipinski definition) is 0. The molecule has 38 valence electrons. The van der Waals surface area contributed by atoms with E-state index >= 15 is 0 Å². The van der Waals surface area contributed by atoms with Gasteiger partial charge in [0.1, 0.15) is 0 Å². The Morgan fingerprint density at radius 3 is 1.14 bits per heavy atom. The van der Waals surface area contributed by atoms with Crippen LogP contribution in [0.4, 0.5) is 0 Å². The third-order valence-electron chi connectivity index (χ3n) is 0. The monoisotopic (exact) mass is 314 g/mol. The van der Waals surface area contributed by atoms with Crippen LogP contribution in [0.25, 0.3) is 0 Å². The van der Waals surface area contributed by atoms with Gasteiger partial charge in [-0.1, -0.05) is 0 Å². The molecule has 0 aliphatic carbocycles. The van der Waals surface area contributed by atoms with Gasteiger partial charge in [-0.25, -0.2) is 0 Å². The third-order valence-corrected chi connectivity index (χ3v) is 0. The van der Waals surface area contributed by atoms with Gasteiger partial charge in [-0.3, -0.25) is 0 Å². The molecule has 0 saturated carbocycles. The van der Waals surface area contributed by atoms with Gasteiger partial charge in [0, 0.05) is 0 Å². The first-order valence-electron chi connectivity index (χ1n) is 1.21. The summed E-state index contributed by atoms with van der Waals surface area (Å²) in [6.45, 7) is 2.14. The van der Waals surface area contributed by atoms with Crippen molar-refractivity contribution in [2.45, 2.75) is 11.5 Å². The SMILES string of the molecule is C[CH2][Mg+].[Br-].[Br-].[Br-].[Mg+2]. The van der Waals surface area contributed by atoms with Gasteiger partial charge in [-0.15, -0.1) is 0 Å². The predicted molar refractivity (Wildman–Crippen MR) is 22.0 cm³/mol. The smallest absolute Gasteiger partial charge is 1.00 e. The van der Waals surface area contributed by atoms with Crippen molar-refractivity contribution in [3.63, 3.8) is 0 Å². The molecule has 0 amide bonds. The Morgan fingerprint density at radius 2 is 1.14 bits per heavy atom. The first-order valence-corrected chi connectivity index (χ1v) is 2.21. The zero-order chi connectivity index (χ0) is 2.71. The van der Waals surface area contributed by atoms with Gasteiger partial charge >= 0.3 is 56.2 Å². The van der Waals surface area contributed by atoms with E-state index < -0.39 is 0 Å². The maximum absolute atomic E-state index is 2.14. The molecule has 0 rings (SSSR count). The van der Waals surface area contributed by atoms with Crippen LogP contribution in [-0.4, -0.2) is 44.8 Å². The fourth-order valence-electron chi connectivity index (χ4n) is 0. The summed E-state index contributed by atoms with van der Waals surface area (Å²) >= 11 is 1.97. The van der Waals surface area contributed by atoms with Gasteiger partial charge in [0.15, 0.2) is 0 Å². The fourth-order valence-corrected chi connectivity index (χ4v) is 0. The van der Waals surface area contributed by atoms with Gasteiger partial charge in [0.25, 0.3) is 0 Å². The average molecular weight is 317 g/mol. The Kier molecular flexibility index (Phi) is 168. The first kappa shape index (κ1) is 32.5. The molecule has 0 N–H and O–H groups in total. The van der Waals surface area contributed by atoms with Gasteiger partial charge < -0.3 is 50.9 Å². The standard InChI is InChI=1S/C2H5.3BrH.2Mg/c1-2;;;;;/h1H2,2H3;3*1H;;/q;;;;+1;+2/p-3. The summed E-state index contributed by atoms with van der Waals surface area (Å²) in [6, 6.07) is 0. The minimum Gasteiger partial charge on any atom is -1.00 e. The third kappa shape index (κ3) is 49.4. The van der Waals surface area contributed by atoms with Gasteiger partial charge in [-0.05, 0) is 0 Å². The molecule has 0 saturated heterocycles. The van der Waals surface area contributed by atoms with Crippen molar-refractivity contribution in [2.24, 2.45) is 0 Å². The van der Waals surface area contributed by atoms with E-state index in [0.29, 0.717) is 0 Å². The van der Waals surface area contributed by atoms with Crippen molar-refractivity contribution in [3.8, 4) is 0 Å². The first-order chi connectivity index (χ1) is 1.41. The normalized spacial score (nSPS) is 2.71. The Hall–Kier alpha value is 2.97. The van der Waals surface area contributed by atoms with E-state index in [1.807, 2.05) is 21.7 Å². The maximum atomic E-state index is 2.14. The Labute approximate surface area is 105 Å². The predicted octanol–water partition coefficient (Wildman–Crippen LogP) is -8.78. The average Bonchev–Trinajstić information content (AvgIpc) is 0.918. The molecule has 0 heterocycles. The van der Waals surface area contributed by atoms with Crippen LogP contribution in [0.15, 0.2) is 0 Å². The fraction of sp³-hybridized carbons (Fsp3) is 1.00. The van der Waals surface area contributed by atoms with Crippen LogP contribution in [0.1, 0.15) is 6.92 Å². The van der Waals surface area contributed by atoms with Crippen molar-refractivity contribution >= 4 is 44.8 Å². The van der Waals surface area contributed by atoms with Crippen LogP contribution in [0.2, 0.25) is 4.55 Å². The topological polar surface area (TPSA) is 0 Å². The van der Waals surface area contributed by atoms with E-state index in [4.69, 9.17) is 0 Å². The molecule has 0 fully saturated rings. The van der Waals surface area contributed by atoms with Crippen LogP contribution in [-0.2, 0) is 0 Å². The molecule has 0 aromatic rings. The summed E-state index contributed by atoms with van der Waals surface area (Å²) in [6.07, 6.45) is 0. The molecular weight excluding hydrogens is 312 g/mol. The Bertz CT molecular complexity index is 10.9. The van der Waals surface area contributed by atoms with Crippen molar-refractivity contribution in [3.05, 3.63) is 0 Å². The minimum absolute atomic E-state index is 0. The molecule has 0 unspecified atom stereocenters. The van der Waals surface area contributed by atoms with Crippen LogP contribution in [0.3, 0.4) is 0 Å². The molecule has 0 spiro atoms.